The third-order valence-corrected chi connectivity index (χ3v) is 4.40. The van der Waals surface area contributed by atoms with Crippen LogP contribution in [-0.4, -0.2) is 24.2 Å². The average Bonchev–Trinajstić information content (AvgIpc) is 3.06. The third kappa shape index (κ3) is 4.31. The van der Waals surface area contributed by atoms with Gasteiger partial charge in [-0.15, -0.1) is 0 Å². The molecule has 0 radical (unpaired) electrons. The minimum atomic E-state index is -3.22. The Labute approximate surface area is 142 Å². The molecule has 1 N–H and O–H groups in total. The molecule has 0 aliphatic heterocycles. The highest BCUT2D eigenvalue weighted by Crippen LogP contribution is 2.24. The van der Waals surface area contributed by atoms with Crippen LogP contribution in [0.2, 0.25) is 0 Å². The topological polar surface area (TPSA) is 64.0 Å². The van der Waals surface area contributed by atoms with Crippen LogP contribution in [0.15, 0.2) is 67.3 Å². The highest BCUT2D eigenvalue weighted by atomic mass is 32.2. The van der Waals surface area contributed by atoms with Gasteiger partial charge in [-0.2, -0.15) is 0 Å². The molecule has 3 aromatic rings. The maximum Gasteiger partial charge on any atom is 0.209 e. The first kappa shape index (κ1) is 16.4. The van der Waals surface area contributed by atoms with Crippen LogP contribution in [0.25, 0.3) is 11.1 Å². The van der Waals surface area contributed by atoms with Crippen molar-refractivity contribution >= 4 is 10.0 Å². The number of aromatic nitrogens is 2. The summed E-state index contributed by atoms with van der Waals surface area (Å²) in [5, 5.41) is 0. The van der Waals surface area contributed by atoms with E-state index in [4.69, 9.17) is 0 Å². The number of sulfonamides is 1. The molecule has 0 saturated carbocycles. The molecule has 0 atom stereocenters. The molecular weight excluding hydrogens is 322 g/mol. The lowest BCUT2D eigenvalue weighted by atomic mass is 9.99. The van der Waals surface area contributed by atoms with E-state index < -0.39 is 10.0 Å². The summed E-state index contributed by atoms with van der Waals surface area (Å²) in [5.41, 5.74) is 4.23. The summed E-state index contributed by atoms with van der Waals surface area (Å²) in [7, 11) is -3.22. The highest BCUT2D eigenvalue weighted by molar-refractivity contribution is 7.88. The Bertz CT molecular complexity index is 902. The van der Waals surface area contributed by atoms with Crippen molar-refractivity contribution in [3.05, 3.63) is 78.4 Å². The molecule has 0 amide bonds. The van der Waals surface area contributed by atoms with E-state index in [9.17, 15) is 8.42 Å². The minimum absolute atomic E-state index is 0.284. The molecule has 0 aliphatic carbocycles. The van der Waals surface area contributed by atoms with E-state index in [1.807, 2.05) is 35.0 Å². The van der Waals surface area contributed by atoms with Crippen LogP contribution in [0.4, 0.5) is 0 Å². The van der Waals surface area contributed by atoms with Gasteiger partial charge in [-0.3, -0.25) is 0 Å². The molecule has 0 saturated heterocycles. The van der Waals surface area contributed by atoms with E-state index in [0.29, 0.717) is 0 Å². The first-order valence-corrected chi connectivity index (χ1v) is 9.48. The van der Waals surface area contributed by atoms with Gasteiger partial charge < -0.3 is 4.57 Å². The van der Waals surface area contributed by atoms with Crippen LogP contribution in [0.5, 0.6) is 0 Å². The van der Waals surface area contributed by atoms with Crippen molar-refractivity contribution in [1.82, 2.24) is 14.3 Å². The zero-order valence-corrected chi connectivity index (χ0v) is 14.2. The fourth-order valence-corrected chi connectivity index (χ4v) is 2.96. The molecule has 124 valence electrons. The summed E-state index contributed by atoms with van der Waals surface area (Å²) in [5.74, 6) is 0. The highest BCUT2D eigenvalue weighted by Gasteiger charge is 2.07. The molecule has 3 rings (SSSR count). The number of hydrogen-bond acceptors (Lipinski definition) is 3. The second-order valence-electron chi connectivity index (χ2n) is 5.68. The Kier molecular flexibility index (Phi) is 4.78. The van der Waals surface area contributed by atoms with Gasteiger partial charge in [0.05, 0.1) is 12.6 Å². The van der Waals surface area contributed by atoms with Crippen molar-refractivity contribution in [1.29, 1.82) is 0 Å². The Balaban J connectivity index is 1.81. The van der Waals surface area contributed by atoms with E-state index in [1.165, 1.54) is 11.8 Å². The van der Waals surface area contributed by atoms with Crippen LogP contribution in [0, 0.1) is 0 Å². The van der Waals surface area contributed by atoms with Gasteiger partial charge in [-0.05, 0) is 22.3 Å². The van der Waals surface area contributed by atoms with E-state index in [2.05, 4.69) is 34.0 Å². The van der Waals surface area contributed by atoms with Gasteiger partial charge in [0.2, 0.25) is 10.0 Å². The molecule has 0 bridgehead atoms. The van der Waals surface area contributed by atoms with Crippen LogP contribution in [0.3, 0.4) is 0 Å². The fraction of sp³-hybridized carbons (Fsp3) is 0.167. The van der Waals surface area contributed by atoms with Gasteiger partial charge in [0.25, 0.3) is 0 Å². The molecule has 0 spiro atoms. The molecule has 0 fully saturated rings. The zero-order valence-electron chi connectivity index (χ0n) is 13.4. The molecule has 1 heterocycles. The van der Waals surface area contributed by atoms with Crippen molar-refractivity contribution < 1.29 is 8.42 Å². The SMILES string of the molecule is CS(=O)(=O)NCc1ccccc1-c1ccc(Cn2ccnc2)cc1. The maximum atomic E-state index is 11.3. The van der Waals surface area contributed by atoms with E-state index in [1.54, 1.807) is 12.5 Å². The molecule has 1 aromatic heterocycles. The van der Waals surface area contributed by atoms with Crippen molar-refractivity contribution in [3.63, 3.8) is 0 Å². The molecule has 0 unspecified atom stereocenters. The first-order chi connectivity index (χ1) is 11.5. The van der Waals surface area contributed by atoms with Gasteiger partial charge in [0, 0.05) is 25.5 Å². The van der Waals surface area contributed by atoms with E-state index in [-0.39, 0.29) is 6.54 Å². The fourth-order valence-electron chi connectivity index (χ4n) is 2.55. The van der Waals surface area contributed by atoms with Crippen molar-refractivity contribution in [2.45, 2.75) is 13.1 Å². The summed E-state index contributed by atoms with van der Waals surface area (Å²) >= 11 is 0. The maximum absolute atomic E-state index is 11.3. The summed E-state index contributed by atoms with van der Waals surface area (Å²) < 4.78 is 27.2. The smallest absolute Gasteiger partial charge is 0.209 e. The normalized spacial score (nSPS) is 11.5. The largest absolute Gasteiger partial charge is 0.333 e. The van der Waals surface area contributed by atoms with Gasteiger partial charge >= 0.3 is 0 Å². The zero-order chi connectivity index (χ0) is 17.0. The Morgan fingerprint density at radius 2 is 1.83 bits per heavy atom. The standard InChI is InChI=1S/C18H19N3O2S/c1-24(22,23)20-12-17-4-2-3-5-18(17)16-8-6-15(7-9-16)13-21-11-10-19-14-21/h2-11,14,20H,12-13H2,1H3. The lowest BCUT2D eigenvalue weighted by Gasteiger charge is -2.11. The number of hydrogen-bond donors (Lipinski definition) is 1. The number of rotatable bonds is 6. The Morgan fingerprint density at radius 3 is 2.50 bits per heavy atom. The lowest BCUT2D eigenvalue weighted by Crippen LogP contribution is -2.21. The van der Waals surface area contributed by atoms with Crippen molar-refractivity contribution in [2.24, 2.45) is 0 Å². The number of nitrogens with zero attached hydrogens (tertiary/aromatic N) is 2. The van der Waals surface area contributed by atoms with Crippen molar-refractivity contribution in [2.75, 3.05) is 6.26 Å². The second-order valence-corrected chi connectivity index (χ2v) is 7.52. The quantitative estimate of drug-likeness (QED) is 0.750. The van der Waals surface area contributed by atoms with Gasteiger partial charge in [-0.1, -0.05) is 48.5 Å². The van der Waals surface area contributed by atoms with Gasteiger partial charge in [0.1, 0.15) is 0 Å². The molecule has 6 heteroatoms. The second kappa shape index (κ2) is 6.98. The van der Waals surface area contributed by atoms with Crippen molar-refractivity contribution in [3.8, 4) is 11.1 Å². The predicted octanol–water partition coefficient (Wildman–Crippen LogP) is 2.65. The monoisotopic (exact) mass is 341 g/mol. The predicted molar refractivity (Wildman–Crippen MR) is 94.9 cm³/mol. The van der Waals surface area contributed by atoms with Gasteiger partial charge in [0.15, 0.2) is 0 Å². The number of imidazole rings is 1. The molecular formula is C18H19N3O2S. The summed E-state index contributed by atoms with van der Waals surface area (Å²) in [6.07, 6.45) is 6.65. The number of nitrogens with one attached hydrogen (secondary N) is 1. The summed E-state index contributed by atoms with van der Waals surface area (Å²) in [6, 6.07) is 16.1. The Morgan fingerprint density at radius 1 is 1.08 bits per heavy atom. The Hall–Kier alpha value is -2.44. The average molecular weight is 341 g/mol. The molecule has 24 heavy (non-hydrogen) atoms. The third-order valence-electron chi connectivity index (χ3n) is 3.73. The van der Waals surface area contributed by atoms with Crippen LogP contribution < -0.4 is 4.72 Å². The molecule has 5 nitrogen and oxygen atoms in total. The summed E-state index contributed by atoms with van der Waals surface area (Å²) in [6.45, 7) is 1.06. The minimum Gasteiger partial charge on any atom is -0.333 e. The number of benzene rings is 2. The van der Waals surface area contributed by atoms with Crippen LogP contribution in [-0.2, 0) is 23.1 Å². The van der Waals surface area contributed by atoms with E-state index >= 15 is 0 Å². The molecule has 2 aromatic carbocycles. The van der Waals surface area contributed by atoms with Gasteiger partial charge in [-0.25, -0.2) is 18.1 Å². The van der Waals surface area contributed by atoms with Crippen LogP contribution >= 0.6 is 0 Å². The summed E-state index contributed by atoms with van der Waals surface area (Å²) in [4.78, 5) is 4.04. The lowest BCUT2D eigenvalue weighted by molar-refractivity contribution is 0.587. The van der Waals surface area contributed by atoms with E-state index in [0.717, 1.165) is 23.2 Å². The molecule has 0 aliphatic rings. The first-order valence-electron chi connectivity index (χ1n) is 7.59. The van der Waals surface area contributed by atoms with Crippen LogP contribution in [0.1, 0.15) is 11.1 Å².